The van der Waals surface area contributed by atoms with Gasteiger partial charge in [-0.25, -0.2) is 0 Å². The Labute approximate surface area is 334 Å². The average Bonchev–Trinajstić information content (AvgIpc) is 3.27. The highest BCUT2D eigenvalue weighted by Gasteiger charge is 2.51. The second-order valence-electron chi connectivity index (χ2n) is 14.6. The second kappa shape index (κ2) is 13.4. The molecule has 0 saturated carbocycles. The smallest absolute Gasteiger partial charge is 0.155 e. The van der Waals surface area contributed by atoms with Crippen molar-refractivity contribution in [1.29, 1.82) is 0 Å². The molecule has 0 unspecified atom stereocenters. The molecule has 1 nitrogen and oxygen atoms in total. The molecule has 0 atom stereocenters. The van der Waals surface area contributed by atoms with E-state index >= 15 is 0 Å². The van der Waals surface area contributed by atoms with Crippen molar-refractivity contribution in [3.8, 4) is 11.1 Å². The molecule has 0 amide bonds. The fourth-order valence-electron chi connectivity index (χ4n) is 9.27. The van der Waals surface area contributed by atoms with E-state index in [1.807, 2.05) is 11.8 Å². The summed E-state index contributed by atoms with van der Waals surface area (Å²) in [6.07, 6.45) is 0. The highest BCUT2D eigenvalue weighted by molar-refractivity contribution is 7.99. The molecule has 3 heteroatoms. The van der Waals surface area contributed by atoms with Gasteiger partial charge in [-0.2, -0.15) is 0 Å². The molecule has 2 aliphatic heterocycles. The predicted octanol–water partition coefficient (Wildman–Crippen LogP) is 11.7. The van der Waals surface area contributed by atoms with E-state index < -0.39 is 14.2 Å². The van der Waals surface area contributed by atoms with Crippen LogP contribution in [0.3, 0.4) is 0 Å². The van der Waals surface area contributed by atoms with Crippen LogP contribution in [-0.2, 0) is 5.41 Å². The van der Waals surface area contributed by atoms with Gasteiger partial charge in [-0.05, 0) is 91.6 Å². The molecule has 1 spiro atoms. The van der Waals surface area contributed by atoms with E-state index in [0.29, 0.717) is 0 Å². The van der Waals surface area contributed by atoms with Crippen LogP contribution < -0.4 is 20.5 Å². The van der Waals surface area contributed by atoms with Gasteiger partial charge in [0.05, 0.1) is 11.1 Å². The highest BCUT2D eigenvalue weighted by atomic mass is 32.2. The van der Waals surface area contributed by atoms with Crippen LogP contribution in [0.5, 0.6) is 0 Å². The summed E-state index contributed by atoms with van der Waals surface area (Å²) in [6.45, 7) is 0. The van der Waals surface area contributed by atoms with Gasteiger partial charge in [0, 0.05) is 26.6 Å². The van der Waals surface area contributed by atoms with E-state index in [4.69, 9.17) is 0 Å². The van der Waals surface area contributed by atoms with Gasteiger partial charge in [0.1, 0.15) is 0 Å². The summed E-state index contributed by atoms with van der Waals surface area (Å²) in [6, 6.07) is 81.5. The quantitative estimate of drug-likeness (QED) is 0.161. The molecule has 0 aromatic heterocycles. The van der Waals surface area contributed by atoms with Gasteiger partial charge >= 0.3 is 0 Å². The molecule has 56 heavy (non-hydrogen) atoms. The Morgan fingerprint density at radius 2 is 0.946 bits per heavy atom. The Hall–Kier alpha value is -6.39. The Morgan fingerprint density at radius 3 is 1.70 bits per heavy atom. The molecule has 2 heterocycles. The Balaban J connectivity index is 1.23. The number of hydrogen-bond acceptors (Lipinski definition) is 2. The zero-order valence-corrected chi connectivity index (χ0v) is 32.5. The van der Waals surface area contributed by atoms with Gasteiger partial charge < -0.3 is 4.90 Å². The van der Waals surface area contributed by atoms with Crippen LogP contribution in [-0.4, -0.2) is 8.80 Å². The average molecular weight is 747 g/mol. The first-order chi connectivity index (χ1) is 27.8. The first-order valence-corrected chi connectivity index (χ1v) is 21.6. The zero-order valence-electron chi connectivity index (χ0n) is 30.6. The lowest BCUT2D eigenvalue weighted by atomic mass is 9.64. The molecule has 0 aliphatic carbocycles. The third kappa shape index (κ3) is 5.08. The minimum atomic E-state index is -1.38. The van der Waals surface area contributed by atoms with Crippen molar-refractivity contribution in [3.05, 3.63) is 241 Å². The van der Waals surface area contributed by atoms with Gasteiger partial charge in [0.15, 0.2) is 8.80 Å². The molecule has 9 aromatic carbocycles. The van der Waals surface area contributed by atoms with E-state index in [1.54, 1.807) is 0 Å². The molecule has 1 radical (unpaired) electrons. The van der Waals surface area contributed by atoms with Crippen LogP contribution in [0.1, 0.15) is 22.3 Å². The summed E-state index contributed by atoms with van der Waals surface area (Å²) in [5.41, 5.74) is 10.8. The van der Waals surface area contributed by atoms with E-state index in [-0.39, 0.29) is 0 Å². The maximum atomic E-state index is 2.55. The van der Waals surface area contributed by atoms with Gasteiger partial charge in [0.25, 0.3) is 0 Å². The van der Waals surface area contributed by atoms with Gasteiger partial charge in [-0.1, -0.05) is 193 Å². The summed E-state index contributed by atoms with van der Waals surface area (Å²) in [5.74, 6) is 0. The number of benzene rings is 9. The number of hydrogen-bond donors (Lipinski definition) is 0. The van der Waals surface area contributed by atoms with Crippen molar-refractivity contribution in [2.45, 2.75) is 15.2 Å². The van der Waals surface area contributed by atoms with Crippen LogP contribution >= 0.6 is 11.8 Å². The number of rotatable bonds is 5. The highest BCUT2D eigenvalue weighted by Crippen LogP contribution is 2.56. The summed E-state index contributed by atoms with van der Waals surface area (Å²) < 4.78 is 0. The number of anilines is 3. The minimum Gasteiger partial charge on any atom is -0.310 e. The molecule has 263 valence electrons. The lowest BCUT2D eigenvalue weighted by Crippen LogP contribution is -2.62. The third-order valence-corrected chi connectivity index (χ3v) is 15.7. The normalized spacial score (nSPS) is 13.7. The van der Waals surface area contributed by atoms with Crippen LogP contribution in [0, 0.1) is 0 Å². The maximum Gasteiger partial charge on any atom is 0.155 e. The molecule has 0 bridgehead atoms. The van der Waals surface area contributed by atoms with Gasteiger partial charge in [-0.3, -0.25) is 0 Å². The van der Waals surface area contributed by atoms with Crippen LogP contribution in [0.2, 0.25) is 0 Å². The summed E-state index contributed by atoms with van der Waals surface area (Å²) in [4.78, 5) is 5.11. The van der Waals surface area contributed by atoms with Crippen molar-refractivity contribution in [2.24, 2.45) is 0 Å². The zero-order chi connectivity index (χ0) is 37.1. The largest absolute Gasteiger partial charge is 0.310 e. The molecule has 0 fully saturated rings. The number of nitrogens with zero attached hydrogens (tertiary/aromatic N) is 1. The fraction of sp³-hybridized carbons (Fsp3) is 0.0189. The molecule has 0 N–H and O–H groups in total. The van der Waals surface area contributed by atoms with Crippen molar-refractivity contribution >= 4 is 64.0 Å². The van der Waals surface area contributed by atoms with Gasteiger partial charge in [0.2, 0.25) is 0 Å². The Morgan fingerprint density at radius 1 is 0.393 bits per heavy atom. The second-order valence-corrected chi connectivity index (χ2v) is 18.1. The first kappa shape index (κ1) is 33.0. The van der Waals surface area contributed by atoms with Crippen molar-refractivity contribution < 1.29 is 0 Å². The van der Waals surface area contributed by atoms with E-state index in [2.05, 4.69) is 223 Å². The van der Waals surface area contributed by atoms with Crippen molar-refractivity contribution in [1.82, 2.24) is 0 Å². The predicted molar refractivity (Wildman–Crippen MR) is 238 cm³/mol. The molecular weight excluding hydrogens is 711 g/mol. The molecule has 11 rings (SSSR count). The molecule has 2 aliphatic rings. The van der Waals surface area contributed by atoms with E-state index in [9.17, 15) is 0 Å². The molecule has 0 saturated heterocycles. The van der Waals surface area contributed by atoms with E-state index in [0.717, 1.165) is 17.1 Å². The molecule has 9 aromatic rings. The Bertz CT molecular complexity index is 2850. The fourth-order valence-corrected chi connectivity index (χ4v) is 13.5. The Kier molecular flexibility index (Phi) is 7.90. The van der Waals surface area contributed by atoms with Crippen LogP contribution in [0.15, 0.2) is 228 Å². The SMILES string of the molecule is c1ccc(-c2ccc(N(c3ccc4c(c3)C3(c5ccccc5Sc5ccccc53)c3ccccc3[Si]4c3ccccc3)c3cccc4ccccc34)cc2)cc1. The number of fused-ring (bicyclic) bond motifs is 9. The topological polar surface area (TPSA) is 3.24 Å². The monoisotopic (exact) mass is 746 g/mol. The van der Waals surface area contributed by atoms with Crippen molar-refractivity contribution in [2.75, 3.05) is 4.90 Å². The summed E-state index contributed by atoms with van der Waals surface area (Å²) in [7, 11) is -1.38. The standard InChI is InChI=1S/C53H36NSSi/c1-3-16-37(17-4-1)38-30-32-40(33-31-38)54(48-26-15-19-39-18-7-8-22-43(39)48)41-34-35-52-47(36-41)53(44-23-9-12-27-49(44)55-50-28-13-10-24-45(50)53)46-25-11-14-29-51(46)56(52)42-20-5-2-6-21-42/h1-36H. The van der Waals surface area contributed by atoms with Crippen LogP contribution in [0.4, 0.5) is 17.1 Å². The van der Waals surface area contributed by atoms with E-state index in [1.165, 1.54) is 69.5 Å². The first-order valence-electron chi connectivity index (χ1n) is 19.3. The van der Waals surface area contributed by atoms with Gasteiger partial charge in [-0.15, -0.1) is 0 Å². The lowest BCUT2D eigenvalue weighted by Gasteiger charge is -2.48. The maximum absolute atomic E-state index is 2.55. The summed E-state index contributed by atoms with van der Waals surface area (Å²) in [5, 5.41) is 6.75. The minimum absolute atomic E-state index is 0.509. The summed E-state index contributed by atoms with van der Waals surface area (Å²) >= 11 is 1.90. The third-order valence-electron chi connectivity index (χ3n) is 11.6. The molecular formula is C53H36NSSi. The lowest BCUT2D eigenvalue weighted by molar-refractivity contribution is 0.708. The van der Waals surface area contributed by atoms with Crippen molar-refractivity contribution in [3.63, 3.8) is 0 Å². The van der Waals surface area contributed by atoms with Crippen LogP contribution in [0.25, 0.3) is 21.9 Å².